The van der Waals surface area contributed by atoms with Crippen LogP contribution in [0.5, 0.6) is 0 Å². The molecule has 0 spiro atoms. The van der Waals surface area contributed by atoms with Crippen LogP contribution in [0.2, 0.25) is 0 Å². The molecule has 2 saturated heterocycles. The number of halogens is 4. The van der Waals surface area contributed by atoms with Crippen LogP contribution in [0.15, 0.2) is 12.4 Å². The molecule has 0 bridgehead atoms. The van der Waals surface area contributed by atoms with Crippen molar-refractivity contribution in [3.8, 4) is 0 Å². The van der Waals surface area contributed by atoms with Crippen LogP contribution < -0.4 is 4.90 Å². The number of carboxylic acids is 1. The fraction of sp³-hybridized carbons (Fsp3) is 0.667. The molecule has 3 heterocycles. The van der Waals surface area contributed by atoms with Crippen LogP contribution in [0.4, 0.5) is 23.5 Å². The van der Waals surface area contributed by atoms with E-state index >= 15 is 0 Å². The molecule has 0 aliphatic carbocycles. The summed E-state index contributed by atoms with van der Waals surface area (Å²) in [5.74, 6) is -2.55. The minimum absolute atomic E-state index is 0.192. The highest BCUT2D eigenvalue weighted by molar-refractivity contribution is 5.73. The molecule has 1 aromatic heterocycles. The molecule has 2 aliphatic heterocycles. The van der Waals surface area contributed by atoms with Gasteiger partial charge < -0.3 is 19.6 Å². The van der Waals surface area contributed by atoms with Crippen LogP contribution in [0.3, 0.4) is 0 Å². The van der Waals surface area contributed by atoms with Gasteiger partial charge in [-0.25, -0.2) is 19.2 Å². The van der Waals surface area contributed by atoms with Gasteiger partial charge in [-0.05, 0) is 26.9 Å². The number of ether oxygens (including phenoxy) is 1. The summed E-state index contributed by atoms with van der Waals surface area (Å²) in [4.78, 5) is 21.5. The summed E-state index contributed by atoms with van der Waals surface area (Å²) in [5.41, 5.74) is 0. The molecule has 0 unspecified atom stereocenters. The van der Waals surface area contributed by atoms with Gasteiger partial charge in [0, 0.05) is 13.2 Å². The van der Waals surface area contributed by atoms with Crippen LogP contribution in [-0.4, -0.2) is 77.6 Å². The van der Waals surface area contributed by atoms with Crippen molar-refractivity contribution in [1.29, 1.82) is 0 Å². The molecule has 2 aliphatic rings. The summed E-state index contributed by atoms with van der Waals surface area (Å²) in [6, 6.07) is 0.630. The Labute approximate surface area is 147 Å². The Hall–Kier alpha value is -2.01. The van der Waals surface area contributed by atoms with Gasteiger partial charge in [0.1, 0.15) is 0 Å². The number of fused-ring (bicyclic) bond motifs is 1. The van der Waals surface area contributed by atoms with E-state index in [1.807, 2.05) is 0 Å². The highest BCUT2D eigenvalue weighted by atomic mass is 19.4. The van der Waals surface area contributed by atoms with E-state index in [1.54, 1.807) is 0 Å². The largest absolute Gasteiger partial charge is 0.490 e. The van der Waals surface area contributed by atoms with Gasteiger partial charge in [0.15, 0.2) is 5.82 Å². The summed E-state index contributed by atoms with van der Waals surface area (Å²) in [6.45, 7) is 1.65. The maximum Gasteiger partial charge on any atom is 0.490 e. The Morgan fingerprint density at radius 2 is 1.92 bits per heavy atom. The highest BCUT2D eigenvalue weighted by Crippen LogP contribution is 2.32. The molecule has 2 fully saturated rings. The molecule has 1 aromatic rings. The van der Waals surface area contributed by atoms with Crippen molar-refractivity contribution in [1.82, 2.24) is 14.9 Å². The SMILES string of the molecule is CN(C)[C@@H]1CN(c2ncc(F)cn2)[C@@H]2CCCO[C@H]12.O=C(O)C(F)(F)F. The molecule has 3 atom stereocenters. The second-order valence-electron chi connectivity index (χ2n) is 6.23. The van der Waals surface area contributed by atoms with E-state index in [1.165, 1.54) is 12.4 Å². The summed E-state index contributed by atoms with van der Waals surface area (Å²) in [5, 5.41) is 7.12. The highest BCUT2D eigenvalue weighted by Gasteiger charge is 2.45. The molecule has 7 nitrogen and oxygen atoms in total. The lowest BCUT2D eigenvalue weighted by molar-refractivity contribution is -0.192. The molecule has 3 rings (SSSR count). The van der Waals surface area contributed by atoms with Gasteiger partial charge in [-0.2, -0.15) is 13.2 Å². The predicted octanol–water partition coefficient (Wildman–Crippen LogP) is 1.55. The smallest absolute Gasteiger partial charge is 0.475 e. The lowest BCUT2D eigenvalue weighted by Gasteiger charge is -2.33. The van der Waals surface area contributed by atoms with E-state index in [-0.39, 0.29) is 6.10 Å². The van der Waals surface area contributed by atoms with Gasteiger partial charge in [0.25, 0.3) is 0 Å². The topological polar surface area (TPSA) is 78.8 Å². The van der Waals surface area contributed by atoms with E-state index < -0.39 is 18.0 Å². The number of likely N-dealkylation sites (N-methyl/N-ethyl adjacent to an activating group) is 1. The third kappa shape index (κ3) is 4.79. The normalized spacial score (nSPS) is 25.5. The standard InChI is InChI=1S/C13H19FN4O.C2HF3O2/c1-17(2)11-8-18(10-4-3-5-19-12(10)11)13-15-6-9(14)7-16-13;3-2(4,5)1(6)7/h6-7,10-12H,3-5,8H2,1-2H3;(H,6,7)/t10-,11-,12+;/m1./s1. The number of rotatable bonds is 2. The third-order valence-electron chi connectivity index (χ3n) is 4.27. The van der Waals surface area contributed by atoms with Crippen LogP contribution >= 0.6 is 0 Å². The average molecular weight is 380 g/mol. The van der Waals surface area contributed by atoms with Gasteiger partial charge in [-0.15, -0.1) is 0 Å². The fourth-order valence-corrected chi connectivity index (χ4v) is 3.07. The summed E-state index contributed by atoms with van der Waals surface area (Å²) in [6.07, 6.45) is -0.305. The van der Waals surface area contributed by atoms with Crippen molar-refractivity contribution in [3.63, 3.8) is 0 Å². The molecule has 0 radical (unpaired) electrons. The summed E-state index contributed by atoms with van der Waals surface area (Å²) in [7, 11) is 4.13. The minimum atomic E-state index is -5.08. The maximum absolute atomic E-state index is 12.9. The fourth-order valence-electron chi connectivity index (χ4n) is 3.07. The van der Waals surface area contributed by atoms with Crippen LogP contribution in [-0.2, 0) is 9.53 Å². The number of hydrogen-bond acceptors (Lipinski definition) is 6. The van der Waals surface area contributed by atoms with Crippen molar-refractivity contribution in [3.05, 3.63) is 18.2 Å². The van der Waals surface area contributed by atoms with E-state index in [4.69, 9.17) is 14.6 Å². The molecule has 0 saturated carbocycles. The summed E-state index contributed by atoms with van der Waals surface area (Å²) >= 11 is 0. The Bertz CT molecular complexity index is 612. The lowest BCUT2D eigenvalue weighted by atomic mass is 10.0. The molecule has 11 heteroatoms. The number of hydrogen-bond donors (Lipinski definition) is 1. The Morgan fingerprint density at radius 3 is 2.42 bits per heavy atom. The van der Waals surface area contributed by atoms with E-state index in [9.17, 15) is 17.6 Å². The van der Waals surface area contributed by atoms with Crippen LogP contribution in [0.25, 0.3) is 0 Å². The molecule has 26 heavy (non-hydrogen) atoms. The van der Waals surface area contributed by atoms with Crippen molar-refractivity contribution >= 4 is 11.9 Å². The zero-order valence-corrected chi connectivity index (χ0v) is 14.3. The number of alkyl halides is 3. The molecule has 0 amide bonds. The minimum Gasteiger partial charge on any atom is -0.475 e. The first-order valence-corrected chi connectivity index (χ1v) is 7.93. The first-order chi connectivity index (χ1) is 12.1. The number of anilines is 1. The van der Waals surface area contributed by atoms with Gasteiger partial charge in [-0.1, -0.05) is 0 Å². The van der Waals surface area contributed by atoms with E-state index in [0.717, 1.165) is 26.0 Å². The van der Waals surface area contributed by atoms with Crippen molar-refractivity contribution < 1.29 is 32.2 Å². The second kappa shape index (κ2) is 8.12. The number of aromatic nitrogens is 2. The first-order valence-electron chi connectivity index (χ1n) is 7.93. The van der Waals surface area contributed by atoms with Crippen molar-refractivity contribution in [2.75, 3.05) is 32.1 Å². The number of nitrogens with zero attached hydrogens (tertiary/aromatic N) is 4. The van der Waals surface area contributed by atoms with Gasteiger partial charge in [0.2, 0.25) is 5.95 Å². The molecular formula is C15H20F4N4O3. The van der Waals surface area contributed by atoms with Crippen LogP contribution in [0.1, 0.15) is 12.8 Å². The molecule has 1 N–H and O–H groups in total. The lowest BCUT2D eigenvalue weighted by Crippen LogP contribution is -2.45. The maximum atomic E-state index is 12.9. The average Bonchev–Trinajstić information content (AvgIpc) is 2.95. The summed E-state index contributed by atoms with van der Waals surface area (Å²) < 4.78 is 50.6. The quantitative estimate of drug-likeness (QED) is 0.780. The number of carboxylic acid groups (broad SMARTS) is 1. The van der Waals surface area contributed by atoms with Crippen molar-refractivity contribution in [2.45, 2.75) is 37.2 Å². The second-order valence-corrected chi connectivity index (χ2v) is 6.23. The van der Waals surface area contributed by atoms with Gasteiger partial charge in [0.05, 0.1) is 30.6 Å². The Morgan fingerprint density at radius 1 is 1.35 bits per heavy atom. The predicted molar refractivity (Wildman–Crippen MR) is 83.3 cm³/mol. The van der Waals surface area contributed by atoms with E-state index in [2.05, 4.69) is 33.9 Å². The molecular weight excluding hydrogens is 360 g/mol. The zero-order valence-electron chi connectivity index (χ0n) is 14.3. The van der Waals surface area contributed by atoms with Gasteiger partial charge in [-0.3, -0.25) is 0 Å². The van der Waals surface area contributed by atoms with Crippen LogP contribution in [0, 0.1) is 5.82 Å². The van der Waals surface area contributed by atoms with Gasteiger partial charge >= 0.3 is 12.1 Å². The Kier molecular flexibility index (Phi) is 6.34. The third-order valence-corrected chi connectivity index (χ3v) is 4.27. The Balaban J connectivity index is 0.000000298. The zero-order chi connectivity index (χ0) is 19.5. The monoisotopic (exact) mass is 380 g/mol. The number of aliphatic carboxylic acids is 1. The number of carbonyl (C=O) groups is 1. The first kappa shape index (κ1) is 20.3. The van der Waals surface area contributed by atoms with E-state index in [0.29, 0.717) is 18.0 Å². The molecule has 0 aromatic carbocycles. The molecule has 146 valence electrons. The van der Waals surface area contributed by atoms with Crippen molar-refractivity contribution in [2.24, 2.45) is 0 Å².